The van der Waals surface area contributed by atoms with Crippen molar-refractivity contribution in [3.63, 3.8) is 0 Å². The maximum Gasteiger partial charge on any atom is 0.217 e. The summed E-state index contributed by atoms with van der Waals surface area (Å²) in [5.74, 6) is 0.694. The lowest BCUT2D eigenvalue weighted by Gasteiger charge is -2.26. The van der Waals surface area contributed by atoms with E-state index in [0.29, 0.717) is 0 Å². The highest BCUT2D eigenvalue weighted by Gasteiger charge is 2.39. The van der Waals surface area contributed by atoms with E-state index in [1.165, 1.54) is 11.8 Å². The summed E-state index contributed by atoms with van der Waals surface area (Å²) >= 11 is 1.34. The Hall–Kier alpha value is -1.81. The zero-order valence-corrected chi connectivity index (χ0v) is 13.8. The number of nitrogens with one attached hydrogen (secondary N) is 1. The van der Waals surface area contributed by atoms with Gasteiger partial charge in [-0.3, -0.25) is 9.59 Å². The number of carbonyl (C=O) groups is 2. The highest BCUT2D eigenvalue weighted by atomic mass is 32.2. The van der Waals surface area contributed by atoms with Crippen molar-refractivity contribution in [3.05, 3.63) is 52.2 Å². The largest absolute Gasteiger partial charge is 0.358 e. The van der Waals surface area contributed by atoms with E-state index in [9.17, 15) is 9.59 Å². The van der Waals surface area contributed by atoms with Gasteiger partial charge in [0.25, 0.3) is 0 Å². The number of benzene rings is 1. The van der Waals surface area contributed by atoms with Crippen LogP contribution in [0.25, 0.3) is 5.70 Å². The lowest BCUT2D eigenvalue weighted by Crippen LogP contribution is -2.27. The van der Waals surface area contributed by atoms with E-state index >= 15 is 0 Å². The number of thioether (sulfide) groups is 1. The van der Waals surface area contributed by atoms with E-state index in [1.807, 2.05) is 38.1 Å². The summed E-state index contributed by atoms with van der Waals surface area (Å²) in [6.07, 6.45) is 0.961. The minimum absolute atomic E-state index is 0.0453. The van der Waals surface area contributed by atoms with Crippen LogP contribution in [0.1, 0.15) is 43.1 Å². The molecular formula is C18H19NO2S. The van der Waals surface area contributed by atoms with Gasteiger partial charge in [0.2, 0.25) is 5.12 Å². The van der Waals surface area contributed by atoms with Crippen LogP contribution < -0.4 is 5.32 Å². The summed E-state index contributed by atoms with van der Waals surface area (Å²) < 4.78 is 0. The van der Waals surface area contributed by atoms with Crippen molar-refractivity contribution in [2.45, 2.75) is 27.2 Å². The number of carbonyl (C=O) groups excluding carboxylic acids is 2. The van der Waals surface area contributed by atoms with Crippen LogP contribution in [0.2, 0.25) is 0 Å². The van der Waals surface area contributed by atoms with Crippen molar-refractivity contribution in [3.8, 4) is 0 Å². The number of hydrogen-bond acceptors (Lipinski definition) is 4. The topological polar surface area (TPSA) is 46.2 Å². The number of ketones is 1. The Bertz CT molecular complexity index is 730. The number of hydrogen-bond donors (Lipinski definition) is 1. The molecule has 1 aromatic carbocycles. The smallest absolute Gasteiger partial charge is 0.217 e. The molecule has 4 heteroatoms. The van der Waals surface area contributed by atoms with Gasteiger partial charge in [-0.1, -0.05) is 49.9 Å². The number of Topliss-reactive ketones (excluding diaryl/α,β-unsaturated/α-hetero) is 1. The van der Waals surface area contributed by atoms with Crippen LogP contribution in [0.5, 0.6) is 0 Å². The van der Waals surface area contributed by atoms with Crippen LogP contribution in [0.15, 0.2) is 41.1 Å². The fourth-order valence-electron chi connectivity index (χ4n) is 3.18. The lowest BCUT2D eigenvalue weighted by molar-refractivity contribution is -0.108. The summed E-state index contributed by atoms with van der Waals surface area (Å²) in [6, 6.07) is 7.63. The second-order valence-corrected chi connectivity index (χ2v) is 6.75. The molecule has 0 amide bonds. The molecule has 2 aliphatic rings. The molecule has 1 N–H and O–H groups in total. The standard InChI is InChI=1S/C18H19NO2S/c1-4-9-22-18(21)14-10(2)15-16(19-11(14)3)12-7-5-6-8-13(12)17(15)20/h5-8,10,19H,4,9H2,1-3H3. The number of allylic oxidation sites excluding steroid dienone is 2. The fourth-order valence-corrected chi connectivity index (χ4v) is 4.05. The maximum absolute atomic E-state index is 12.7. The normalized spacial score (nSPS) is 20.0. The van der Waals surface area contributed by atoms with Gasteiger partial charge in [0.05, 0.1) is 5.70 Å². The summed E-state index contributed by atoms with van der Waals surface area (Å²) in [7, 11) is 0. The first-order valence-corrected chi connectivity index (χ1v) is 8.58. The summed E-state index contributed by atoms with van der Waals surface area (Å²) in [6.45, 7) is 5.94. The SMILES string of the molecule is CCCSC(=O)C1=C(C)NC2=C(C(=O)c3ccccc32)C1C. The molecule has 3 nitrogen and oxygen atoms in total. The van der Waals surface area contributed by atoms with Crippen LogP contribution in [-0.2, 0) is 4.79 Å². The van der Waals surface area contributed by atoms with Gasteiger partial charge in [0, 0.05) is 39.6 Å². The summed E-state index contributed by atoms with van der Waals surface area (Å²) in [4.78, 5) is 25.2. The van der Waals surface area contributed by atoms with Crippen molar-refractivity contribution in [2.24, 2.45) is 5.92 Å². The first-order valence-electron chi connectivity index (χ1n) is 7.59. The third kappa shape index (κ3) is 2.22. The molecule has 22 heavy (non-hydrogen) atoms. The Kier molecular flexibility index (Phi) is 3.96. The van der Waals surface area contributed by atoms with Crippen molar-refractivity contribution < 1.29 is 9.59 Å². The number of rotatable bonds is 3. The highest BCUT2D eigenvalue weighted by Crippen LogP contribution is 2.42. The second kappa shape index (κ2) is 5.76. The monoisotopic (exact) mass is 313 g/mol. The van der Waals surface area contributed by atoms with Gasteiger partial charge in [0.1, 0.15) is 0 Å². The molecule has 0 saturated carbocycles. The van der Waals surface area contributed by atoms with E-state index in [-0.39, 0.29) is 16.8 Å². The maximum atomic E-state index is 12.7. The molecule has 0 saturated heterocycles. The molecule has 0 radical (unpaired) electrons. The fraction of sp³-hybridized carbons (Fsp3) is 0.333. The van der Waals surface area contributed by atoms with E-state index < -0.39 is 0 Å². The Morgan fingerprint density at radius 3 is 2.64 bits per heavy atom. The van der Waals surface area contributed by atoms with Crippen molar-refractivity contribution >= 4 is 28.4 Å². The van der Waals surface area contributed by atoms with Gasteiger partial charge in [-0.2, -0.15) is 0 Å². The number of fused-ring (bicyclic) bond motifs is 2. The van der Waals surface area contributed by atoms with Crippen LogP contribution in [0.4, 0.5) is 0 Å². The van der Waals surface area contributed by atoms with Gasteiger partial charge < -0.3 is 5.32 Å². The average molecular weight is 313 g/mol. The zero-order chi connectivity index (χ0) is 15.9. The zero-order valence-electron chi connectivity index (χ0n) is 13.0. The molecule has 0 bridgehead atoms. The number of dihydropyridines is 1. The summed E-state index contributed by atoms with van der Waals surface area (Å²) in [5, 5.41) is 3.39. The second-order valence-electron chi connectivity index (χ2n) is 5.68. The highest BCUT2D eigenvalue weighted by molar-refractivity contribution is 8.14. The first kappa shape index (κ1) is 15.1. The Morgan fingerprint density at radius 2 is 1.95 bits per heavy atom. The van der Waals surface area contributed by atoms with Crippen LogP contribution in [0.3, 0.4) is 0 Å². The third-order valence-electron chi connectivity index (χ3n) is 4.19. The Balaban J connectivity index is 1.99. The summed E-state index contributed by atoms with van der Waals surface area (Å²) in [5.41, 5.74) is 4.88. The minimum atomic E-state index is -0.159. The van der Waals surface area contributed by atoms with Gasteiger partial charge in [-0.25, -0.2) is 0 Å². The molecule has 3 rings (SSSR count). The van der Waals surface area contributed by atoms with Crippen LogP contribution >= 0.6 is 11.8 Å². The van der Waals surface area contributed by atoms with Gasteiger partial charge in [0.15, 0.2) is 5.78 Å². The minimum Gasteiger partial charge on any atom is -0.358 e. The predicted molar refractivity (Wildman–Crippen MR) is 90.4 cm³/mol. The first-order chi connectivity index (χ1) is 10.6. The van der Waals surface area contributed by atoms with Gasteiger partial charge >= 0.3 is 0 Å². The van der Waals surface area contributed by atoms with Crippen molar-refractivity contribution in [2.75, 3.05) is 5.75 Å². The van der Waals surface area contributed by atoms with Crippen LogP contribution in [0, 0.1) is 5.92 Å². The van der Waals surface area contributed by atoms with Gasteiger partial charge in [-0.15, -0.1) is 0 Å². The van der Waals surface area contributed by atoms with E-state index in [4.69, 9.17) is 0 Å². The predicted octanol–water partition coefficient (Wildman–Crippen LogP) is 3.78. The molecule has 1 heterocycles. The molecule has 0 aromatic heterocycles. The molecule has 1 aliphatic carbocycles. The van der Waals surface area contributed by atoms with E-state index in [1.54, 1.807) is 0 Å². The molecule has 1 unspecified atom stereocenters. The molecule has 1 atom stereocenters. The Morgan fingerprint density at radius 1 is 1.27 bits per heavy atom. The molecule has 0 fully saturated rings. The van der Waals surface area contributed by atoms with E-state index in [2.05, 4.69) is 12.2 Å². The molecule has 114 valence electrons. The molecule has 1 aromatic rings. The quantitative estimate of drug-likeness (QED) is 0.922. The molecule has 0 spiro atoms. The average Bonchev–Trinajstić information content (AvgIpc) is 2.79. The van der Waals surface area contributed by atoms with Crippen LogP contribution in [-0.4, -0.2) is 16.7 Å². The molecule has 1 aliphatic heterocycles. The third-order valence-corrected chi connectivity index (χ3v) is 5.29. The van der Waals surface area contributed by atoms with Gasteiger partial charge in [-0.05, 0) is 13.3 Å². The van der Waals surface area contributed by atoms with E-state index in [0.717, 1.165) is 45.8 Å². The van der Waals surface area contributed by atoms with Crippen molar-refractivity contribution in [1.82, 2.24) is 5.32 Å². The Labute approximate surface area is 134 Å². The van der Waals surface area contributed by atoms with Crippen molar-refractivity contribution in [1.29, 1.82) is 0 Å². The lowest BCUT2D eigenvalue weighted by atomic mass is 9.87. The molecular weight excluding hydrogens is 294 g/mol.